The van der Waals surface area contributed by atoms with Gasteiger partial charge in [0, 0.05) is 11.3 Å². The van der Waals surface area contributed by atoms with E-state index in [4.69, 9.17) is 4.74 Å². The van der Waals surface area contributed by atoms with E-state index < -0.39 is 23.8 Å². The van der Waals surface area contributed by atoms with Gasteiger partial charge in [-0.05, 0) is 49.2 Å². The van der Waals surface area contributed by atoms with E-state index in [9.17, 15) is 22.8 Å². The Morgan fingerprint density at radius 1 is 0.969 bits per heavy atom. The summed E-state index contributed by atoms with van der Waals surface area (Å²) in [5.41, 5.74) is 1.24. The standard InChI is InChI=1S/C25H22F3NO3/c1-3-17-11-13-18(14-12-17)23(30)16(2)32-24(31)21-9-4-5-10-22(21)29-20-8-6-7-19(15-20)25(26,27)28/h4-16,29H,3H2,1-2H3. The molecular weight excluding hydrogens is 419 g/mol. The third-order valence-corrected chi connectivity index (χ3v) is 4.92. The molecule has 0 fully saturated rings. The van der Waals surface area contributed by atoms with E-state index in [1.807, 2.05) is 19.1 Å². The summed E-state index contributed by atoms with van der Waals surface area (Å²) in [6, 6.07) is 18.0. The highest BCUT2D eigenvalue weighted by Gasteiger charge is 2.30. The van der Waals surface area contributed by atoms with Crippen molar-refractivity contribution in [3.63, 3.8) is 0 Å². The molecule has 32 heavy (non-hydrogen) atoms. The third kappa shape index (κ3) is 5.55. The highest BCUT2D eigenvalue weighted by Crippen LogP contribution is 2.32. The number of Topliss-reactive ketones (excluding diaryl/α,β-unsaturated/α-hetero) is 1. The van der Waals surface area contributed by atoms with Gasteiger partial charge in [-0.2, -0.15) is 13.2 Å². The molecule has 4 nitrogen and oxygen atoms in total. The molecule has 166 valence electrons. The van der Waals surface area contributed by atoms with Crippen molar-refractivity contribution in [2.24, 2.45) is 0 Å². The van der Waals surface area contributed by atoms with Gasteiger partial charge < -0.3 is 10.1 Å². The van der Waals surface area contributed by atoms with Crippen LogP contribution in [0.3, 0.4) is 0 Å². The number of alkyl halides is 3. The zero-order valence-electron chi connectivity index (χ0n) is 17.6. The Morgan fingerprint density at radius 2 is 1.66 bits per heavy atom. The van der Waals surface area contributed by atoms with Crippen molar-refractivity contribution in [3.8, 4) is 0 Å². The minimum atomic E-state index is -4.48. The fraction of sp³-hybridized carbons (Fsp3) is 0.200. The van der Waals surface area contributed by atoms with Crippen molar-refractivity contribution in [2.45, 2.75) is 32.5 Å². The van der Waals surface area contributed by atoms with Crippen molar-refractivity contribution in [2.75, 3.05) is 5.32 Å². The van der Waals surface area contributed by atoms with Crippen LogP contribution >= 0.6 is 0 Å². The van der Waals surface area contributed by atoms with Gasteiger partial charge in [0.15, 0.2) is 6.10 Å². The van der Waals surface area contributed by atoms with Gasteiger partial charge in [-0.1, -0.05) is 49.4 Å². The van der Waals surface area contributed by atoms with E-state index in [-0.39, 0.29) is 22.7 Å². The Bertz CT molecular complexity index is 1110. The number of nitrogens with one attached hydrogen (secondary N) is 1. The van der Waals surface area contributed by atoms with Gasteiger partial charge in [-0.15, -0.1) is 0 Å². The maximum absolute atomic E-state index is 13.0. The largest absolute Gasteiger partial charge is 0.451 e. The number of hydrogen-bond acceptors (Lipinski definition) is 4. The summed E-state index contributed by atoms with van der Waals surface area (Å²) < 4.78 is 44.3. The molecule has 1 atom stereocenters. The second-order valence-electron chi connectivity index (χ2n) is 7.21. The first-order chi connectivity index (χ1) is 15.2. The molecule has 3 aromatic rings. The molecule has 0 bridgehead atoms. The molecule has 0 radical (unpaired) electrons. The first-order valence-corrected chi connectivity index (χ1v) is 10.1. The quantitative estimate of drug-likeness (QED) is 0.339. The zero-order valence-corrected chi connectivity index (χ0v) is 17.6. The minimum absolute atomic E-state index is 0.103. The van der Waals surface area contributed by atoms with Crippen molar-refractivity contribution >= 4 is 23.1 Å². The minimum Gasteiger partial charge on any atom is -0.451 e. The normalized spacial score (nSPS) is 12.2. The number of hydrogen-bond donors (Lipinski definition) is 1. The molecule has 0 heterocycles. The van der Waals surface area contributed by atoms with Crippen LogP contribution in [0, 0.1) is 0 Å². The number of benzene rings is 3. The average Bonchev–Trinajstić information content (AvgIpc) is 2.78. The van der Waals surface area contributed by atoms with E-state index in [0.29, 0.717) is 5.56 Å². The van der Waals surface area contributed by atoms with Crippen LogP contribution in [-0.2, 0) is 17.3 Å². The molecule has 0 saturated heterocycles. The molecule has 0 saturated carbocycles. The van der Waals surface area contributed by atoms with Gasteiger partial charge in [-0.25, -0.2) is 4.79 Å². The zero-order chi connectivity index (χ0) is 23.3. The van der Waals surface area contributed by atoms with Crippen LogP contribution in [0.4, 0.5) is 24.5 Å². The number of carbonyl (C=O) groups excluding carboxylic acids is 2. The maximum atomic E-state index is 13.0. The SMILES string of the molecule is CCc1ccc(C(=O)C(C)OC(=O)c2ccccc2Nc2cccc(C(F)(F)F)c2)cc1. The fourth-order valence-corrected chi connectivity index (χ4v) is 3.12. The molecule has 0 aliphatic rings. The first kappa shape index (κ1) is 23.1. The van der Waals surface area contributed by atoms with Crippen LogP contribution in [0.1, 0.15) is 45.7 Å². The predicted molar refractivity (Wildman–Crippen MR) is 116 cm³/mol. The van der Waals surface area contributed by atoms with Gasteiger partial charge in [0.2, 0.25) is 5.78 Å². The lowest BCUT2D eigenvalue weighted by molar-refractivity contribution is -0.137. The summed E-state index contributed by atoms with van der Waals surface area (Å²) in [4.78, 5) is 25.4. The number of esters is 1. The van der Waals surface area contributed by atoms with Crippen molar-refractivity contribution in [1.82, 2.24) is 0 Å². The van der Waals surface area contributed by atoms with Gasteiger partial charge in [-0.3, -0.25) is 4.79 Å². The summed E-state index contributed by atoms with van der Waals surface area (Å²) >= 11 is 0. The third-order valence-electron chi connectivity index (χ3n) is 4.92. The fourth-order valence-electron chi connectivity index (χ4n) is 3.12. The molecule has 1 N–H and O–H groups in total. The summed E-state index contributed by atoms with van der Waals surface area (Å²) in [6.07, 6.45) is -4.67. The average molecular weight is 441 g/mol. The number of rotatable bonds is 7. The number of para-hydroxylation sites is 1. The van der Waals surface area contributed by atoms with Gasteiger partial charge in [0.25, 0.3) is 0 Å². The van der Waals surface area contributed by atoms with Crippen LogP contribution in [0.5, 0.6) is 0 Å². The van der Waals surface area contributed by atoms with Crippen LogP contribution in [-0.4, -0.2) is 17.9 Å². The molecule has 0 spiro atoms. The lowest BCUT2D eigenvalue weighted by atomic mass is 10.0. The van der Waals surface area contributed by atoms with Crippen molar-refractivity contribution < 1.29 is 27.5 Å². The molecule has 7 heteroatoms. The molecule has 1 unspecified atom stereocenters. The lowest BCUT2D eigenvalue weighted by Crippen LogP contribution is -2.24. The molecular formula is C25H22F3NO3. The summed E-state index contributed by atoms with van der Waals surface area (Å²) in [6.45, 7) is 3.49. The van der Waals surface area contributed by atoms with Crippen LogP contribution in [0.2, 0.25) is 0 Å². The number of anilines is 2. The second-order valence-corrected chi connectivity index (χ2v) is 7.21. The summed E-state index contributed by atoms with van der Waals surface area (Å²) in [5.74, 6) is -1.10. The molecule has 0 aliphatic carbocycles. The number of aryl methyl sites for hydroxylation is 1. The van der Waals surface area contributed by atoms with E-state index in [0.717, 1.165) is 24.1 Å². The van der Waals surface area contributed by atoms with Gasteiger partial charge in [0.1, 0.15) is 0 Å². The summed E-state index contributed by atoms with van der Waals surface area (Å²) in [5, 5.41) is 2.83. The number of carbonyl (C=O) groups is 2. The Balaban J connectivity index is 1.76. The van der Waals surface area contributed by atoms with E-state index in [2.05, 4.69) is 5.32 Å². The molecule has 3 aromatic carbocycles. The van der Waals surface area contributed by atoms with Crippen molar-refractivity contribution in [1.29, 1.82) is 0 Å². The number of ether oxygens (including phenoxy) is 1. The van der Waals surface area contributed by atoms with E-state index in [1.54, 1.807) is 30.3 Å². The predicted octanol–water partition coefficient (Wildman–Crippen LogP) is 6.44. The Labute approximate surface area is 184 Å². The van der Waals surface area contributed by atoms with E-state index in [1.165, 1.54) is 25.1 Å². The Hall–Kier alpha value is -3.61. The number of ketones is 1. The molecule has 0 aromatic heterocycles. The lowest BCUT2D eigenvalue weighted by Gasteiger charge is -2.16. The maximum Gasteiger partial charge on any atom is 0.416 e. The first-order valence-electron chi connectivity index (χ1n) is 10.1. The Morgan fingerprint density at radius 3 is 2.31 bits per heavy atom. The number of halogens is 3. The Kier molecular flexibility index (Phi) is 6.98. The molecule has 0 aliphatic heterocycles. The topological polar surface area (TPSA) is 55.4 Å². The van der Waals surface area contributed by atoms with Crippen LogP contribution in [0.25, 0.3) is 0 Å². The second kappa shape index (κ2) is 9.68. The summed E-state index contributed by atoms with van der Waals surface area (Å²) in [7, 11) is 0. The smallest absolute Gasteiger partial charge is 0.416 e. The van der Waals surface area contributed by atoms with E-state index >= 15 is 0 Å². The van der Waals surface area contributed by atoms with Gasteiger partial charge >= 0.3 is 12.1 Å². The highest BCUT2D eigenvalue weighted by molar-refractivity contribution is 6.02. The van der Waals surface area contributed by atoms with Crippen LogP contribution < -0.4 is 5.32 Å². The molecule has 3 rings (SSSR count). The molecule has 0 amide bonds. The van der Waals surface area contributed by atoms with Gasteiger partial charge in [0.05, 0.1) is 16.8 Å². The monoisotopic (exact) mass is 441 g/mol. The van der Waals surface area contributed by atoms with Crippen molar-refractivity contribution in [3.05, 3.63) is 95.1 Å². The highest BCUT2D eigenvalue weighted by atomic mass is 19.4. The van der Waals surface area contributed by atoms with Crippen LogP contribution in [0.15, 0.2) is 72.8 Å².